The molecule has 130 valence electrons. The van der Waals surface area contributed by atoms with Gasteiger partial charge in [0.05, 0.1) is 6.04 Å². The number of piperidine rings is 1. The molecule has 6 heteroatoms. The minimum Gasteiger partial charge on any atom is -0.351 e. The summed E-state index contributed by atoms with van der Waals surface area (Å²) >= 11 is 0. The molecule has 2 aliphatic rings. The molecule has 2 atom stereocenters. The van der Waals surface area contributed by atoms with Gasteiger partial charge in [0.1, 0.15) is 0 Å². The summed E-state index contributed by atoms with van der Waals surface area (Å²) in [6.07, 6.45) is 4.39. The Labute approximate surface area is 151 Å². The third-order valence-electron chi connectivity index (χ3n) is 4.49. The first-order valence-electron chi connectivity index (χ1n) is 8.11. The van der Waals surface area contributed by atoms with Crippen LogP contribution in [0.1, 0.15) is 31.2 Å². The largest absolute Gasteiger partial charge is 0.351 e. The van der Waals surface area contributed by atoms with Crippen LogP contribution in [-0.4, -0.2) is 42.5 Å². The fraction of sp³-hybridized carbons (Fsp3) is 0.588. The van der Waals surface area contributed by atoms with Crippen LogP contribution in [-0.2, 0) is 11.3 Å². The van der Waals surface area contributed by atoms with Crippen molar-refractivity contribution in [2.24, 2.45) is 0 Å². The molecule has 0 aromatic heterocycles. The summed E-state index contributed by atoms with van der Waals surface area (Å²) in [5.41, 5.74) is 1.35. The molecule has 0 radical (unpaired) electrons. The van der Waals surface area contributed by atoms with Crippen molar-refractivity contribution < 1.29 is 4.79 Å². The van der Waals surface area contributed by atoms with Gasteiger partial charge in [-0.25, -0.2) is 0 Å². The predicted molar refractivity (Wildman–Crippen MR) is 98.4 cm³/mol. The standard InChI is InChI=1S/C17H25N3O.2ClH/c21-17(16-8-4-5-10-18-16)19-15-9-11-20(13-15)12-14-6-2-1-3-7-14;;/h1-3,6-7,15-16,18H,4-5,8-13H2,(H,19,21);2*1H/t15?,16-;;/m0../s1. The molecule has 4 nitrogen and oxygen atoms in total. The molecule has 0 saturated carbocycles. The zero-order chi connectivity index (χ0) is 14.5. The average molecular weight is 360 g/mol. The zero-order valence-corrected chi connectivity index (χ0v) is 15.0. The molecule has 2 fully saturated rings. The first kappa shape index (κ1) is 20.2. The number of amides is 1. The van der Waals surface area contributed by atoms with Gasteiger partial charge in [0.15, 0.2) is 0 Å². The molecule has 2 N–H and O–H groups in total. The Morgan fingerprint density at radius 1 is 1.17 bits per heavy atom. The number of benzene rings is 1. The highest BCUT2D eigenvalue weighted by Gasteiger charge is 2.27. The predicted octanol–water partition coefficient (Wildman–Crippen LogP) is 2.36. The molecule has 2 heterocycles. The number of nitrogens with zero attached hydrogens (tertiary/aromatic N) is 1. The van der Waals surface area contributed by atoms with Crippen LogP contribution in [0.25, 0.3) is 0 Å². The van der Waals surface area contributed by atoms with E-state index in [1.54, 1.807) is 0 Å². The summed E-state index contributed by atoms with van der Waals surface area (Å²) in [4.78, 5) is 14.7. The molecule has 1 unspecified atom stereocenters. The molecule has 3 rings (SSSR count). The van der Waals surface area contributed by atoms with Gasteiger partial charge in [0.25, 0.3) is 0 Å². The quantitative estimate of drug-likeness (QED) is 0.867. The summed E-state index contributed by atoms with van der Waals surface area (Å²) in [7, 11) is 0. The van der Waals surface area contributed by atoms with Crippen molar-refractivity contribution >= 4 is 30.7 Å². The molecule has 2 aliphatic heterocycles. The van der Waals surface area contributed by atoms with E-state index >= 15 is 0 Å². The monoisotopic (exact) mass is 359 g/mol. The van der Waals surface area contributed by atoms with Crippen molar-refractivity contribution in [3.63, 3.8) is 0 Å². The second kappa shape index (κ2) is 10.1. The van der Waals surface area contributed by atoms with E-state index in [1.807, 2.05) is 6.07 Å². The molecule has 1 aromatic carbocycles. The maximum absolute atomic E-state index is 12.2. The lowest BCUT2D eigenvalue weighted by molar-refractivity contribution is -0.124. The first-order valence-corrected chi connectivity index (χ1v) is 8.11. The number of carbonyl (C=O) groups is 1. The van der Waals surface area contributed by atoms with Gasteiger partial charge in [-0.3, -0.25) is 9.69 Å². The summed E-state index contributed by atoms with van der Waals surface area (Å²) in [6.45, 7) is 3.99. The Hall–Kier alpha value is -0.810. The second-order valence-corrected chi connectivity index (χ2v) is 6.22. The van der Waals surface area contributed by atoms with E-state index in [9.17, 15) is 4.79 Å². The third-order valence-corrected chi connectivity index (χ3v) is 4.49. The van der Waals surface area contributed by atoms with Crippen LogP contribution in [0.15, 0.2) is 30.3 Å². The third kappa shape index (κ3) is 5.96. The minimum absolute atomic E-state index is 0. The van der Waals surface area contributed by atoms with Crippen molar-refractivity contribution in [1.82, 2.24) is 15.5 Å². The molecule has 1 aromatic rings. The van der Waals surface area contributed by atoms with Gasteiger partial charge in [-0.1, -0.05) is 36.8 Å². The molecule has 1 amide bonds. The van der Waals surface area contributed by atoms with Crippen LogP contribution in [0.5, 0.6) is 0 Å². The van der Waals surface area contributed by atoms with Crippen molar-refractivity contribution in [1.29, 1.82) is 0 Å². The van der Waals surface area contributed by atoms with Gasteiger partial charge in [-0.05, 0) is 31.4 Å². The number of carbonyl (C=O) groups excluding carboxylic acids is 1. The maximum atomic E-state index is 12.2. The van der Waals surface area contributed by atoms with Crippen molar-refractivity contribution in [2.75, 3.05) is 19.6 Å². The number of hydrogen-bond acceptors (Lipinski definition) is 3. The molecule has 23 heavy (non-hydrogen) atoms. The van der Waals surface area contributed by atoms with Crippen molar-refractivity contribution in [3.8, 4) is 0 Å². The SMILES string of the molecule is Cl.Cl.O=C(NC1CCN(Cc2ccccc2)C1)[C@@H]1CCCCN1. The zero-order valence-electron chi connectivity index (χ0n) is 13.4. The number of halogens is 2. The molecule has 0 spiro atoms. The lowest BCUT2D eigenvalue weighted by atomic mass is 10.0. The average Bonchev–Trinajstić information content (AvgIpc) is 2.96. The van der Waals surface area contributed by atoms with Gasteiger partial charge in [0, 0.05) is 25.7 Å². The van der Waals surface area contributed by atoms with E-state index in [1.165, 1.54) is 12.0 Å². The van der Waals surface area contributed by atoms with Gasteiger partial charge in [-0.15, -0.1) is 24.8 Å². The number of rotatable bonds is 4. The van der Waals surface area contributed by atoms with Gasteiger partial charge >= 0.3 is 0 Å². The molecular weight excluding hydrogens is 333 g/mol. The van der Waals surface area contributed by atoms with Gasteiger partial charge in [0.2, 0.25) is 5.91 Å². The highest BCUT2D eigenvalue weighted by Crippen LogP contribution is 2.14. The fourth-order valence-electron chi connectivity index (χ4n) is 3.31. The van der Waals surface area contributed by atoms with Crippen LogP contribution in [0, 0.1) is 0 Å². The van der Waals surface area contributed by atoms with Crippen LogP contribution in [0.2, 0.25) is 0 Å². The molecule has 0 aliphatic carbocycles. The Morgan fingerprint density at radius 2 is 1.96 bits per heavy atom. The summed E-state index contributed by atoms with van der Waals surface area (Å²) in [6, 6.07) is 10.9. The number of hydrogen-bond donors (Lipinski definition) is 2. The van der Waals surface area contributed by atoms with E-state index in [0.29, 0.717) is 6.04 Å². The summed E-state index contributed by atoms with van der Waals surface area (Å²) < 4.78 is 0. The normalized spacial score (nSPS) is 24.3. The van der Waals surface area contributed by atoms with E-state index in [2.05, 4.69) is 39.8 Å². The number of nitrogens with one attached hydrogen (secondary N) is 2. The maximum Gasteiger partial charge on any atom is 0.237 e. The molecular formula is C17H27Cl2N3O. The molecule has 2 saturated heterocycles. The smallest absolute Gasteiger partial charge is 0.237 e. The van der Waals surface area contributed by atoms with Crippen LogP contribution in [0.4, 0.5) is 0 Å². The minimum atomic E-state index is 0. The van der Waals surface area contributed by atoms with Crippen molar-refractivity contribution in [2.45, 2.75) is 44.3 Å². The van der Waals surface area contributed by atoms with E-state index < -0.39 is 0 Å². The Kier molecular flexibility index (Phi) is 8.92. The second-order valence-electron chi connectivity index (χ2n) is 6.22. The van der Waals surface area contributed by atoms with Gasteiger partial charge in [-0.2, -0.15) is 0 Å². The highest BCUT2D eigenvalue weighted by atomic mass is 35.5. The van der Waals surface area contributed by atoms with Crippen LogP contribution < -0.4 is 10.6 Å². The fourth-order valence-corrected chi connectivity index (χ4v) is 3.31. The van der Waals surface area contributed by atoms with E-state index in [-0.39, 0.29) is 36.8 Å². The lowest BCUT2D eigenvalue weighted by Crippen LogP contribution is -2.50. The first-order chi connectivity index (χ1) is 10.3. The number of likely N-dealkylation sites (tertiary alicyclic amines) is 1. The topological polar surface area (TPSA) is 44.4 Å². The van der Waals surface area contributed by atoms with E-state index in [4.69, 9.17) is 0 Å². The van der Waals surface area contributed by atoms with Crippen molar-refractivity contribution in [3.05, 3.63) is 35.9 Å². The Bertz CT molecular complexity index is 466. The Morgan fingerprint density at radius 3 is 2.65 bits per heavy atom. The van der Waals surface area contributed by atoms with E-state index in [0.717, 1.165) is 45.4 Å². The highest BCUT2D eigenvalue weighted by molar-refractivity contribution is 5.85. The lowest BCUT2D eigenvalue weighted by Gasteiger charge is -2.24. The van der Waals surface area contributed by atoms with Crippen LogP contribution >= 0.6 is 24.8 Å². The van der Waals surface area contributed by atoms with Crippen LogP contribution in [0.3, 0.4) is 0 Å². The van der Waals surface area contributed by atoms with Gasteiger partial charge < -0.3 is 10.6 Å². The Balaban J connectivity index is 0.00000132. The summed E-state index contributed by atoms with van der Waals surface area (Å²) in [5, 5.41) is 6.54. The molecule has 0 bridgehead atoms. The summed E-state index contributed by atoms with van der Waals surface area (Å²) in [5.74, 6) is 0.196.